The summed E-state index contributed by atoms with van der Waals surface area (Å²) in [4.78, 5) is 0. The average molecular weight is 266 g/mol. The highest BCUT2D eigenvalue weighted by atomic mass is 79.9. The molecule has 0 amide bonds. The molecule has 1 aromatic rings. The molecule has 0 saturated carbocycles. The lowest BCUT2D eigenvalue weighted by atomic mass is 10.2. The van der Waals surface area contributed by atoms with Crippen LogP contribution in [-0.2, 0) is 10.1 Å². The molecule has 0 aliphatic heterocycles. The van der Waals surface area contributed by atoms with Crippen molar-refractivity contribution in [1.82, 2.24) is 0 Å². The molecular formula is C9H10BrClO2. The van der Waals surface area contributed by atoms with Gasteiger partial charge in [0.2, 0.25) is 0 Å². The third kappa shape index (κ3) is 2.86. The van der Waals surface area contributed by atoms with Crippen LogP contribution < -0.4 is 4.74 Å². The van der Waals surface area contributed by atoms with Crippen molar-refractivity contribution in [2.24, 2.45) is 0 Å². The summed E-state index contributed by atoms with van der Waals surface area (Å²) < 4.78 is 10.1. The van der Waals surface area contributed by atoms with E-state index in [1.165, 1.54) is 0 Å². The fraction of sp³-hybridized carbons (Fsp3) is 0.333. The number of benzene rings is 1. The van der Waals surface area contributed by atoms with Crippen LogP contribution in [-0.4, -0.2) is 13.9 Å². The smallest absolute Gasteiger partial charge is 0.188 e. The van der Waals surface area contributed by atoms with Crippen LogP contribution in [0.4, 0.5) is 0 Å². The van der Waals surface area contributed by atoms with Crippen molar-refractivity contribution in [3.63, 3.8) is 0 Å². The average Bonchev–Trinajstić information content (AvgIpc) is 2.15. The summed E-state index contributed by atoms with van der Waals surface area (Å²) in [6.45, 7) is 0.212. The molecule has 0 unspecified atom stereocenters. The zero-order chi connectivity index (χ0) is 9.68. The lowest BCUT2D eigenvalue weighted by Crippen LogP contribution is -2.01. The third-order valence-electron chi connectivity index (χ3n) is 1.51. The van der Waals surface area contributed by atoms with Crippen molar-refractivity contribution in [3.8, 4) is 5.75 Å². The maximum absolute atomic E-state index is 5.94. The normalized spacial score (nSPS) is 10.1. The molecule has 0 heterocycles. The zero-order valence-electron chi connectivity index (χ0n) is 7.22. The monoisotopic (exact) mass is 264 g/mol. The molecule has 0 aromatic heterocycles. The Labute approximate surface area is 90.9 Å². The van der Waals surface area contributed by atoms with E-state index in [1.807, 2.05) is 12.1 Å². The summed E-state index contributed by atoms with van der Waals surface area (Å²) in [5.74, 6) is 0.683. The molecule has 0 aliphatic rings. The number of methoxy groups -OCH3 is 1. The standard InChI is InChI=1S/C9H10BrClO2/c1-12-6-13-9-7(5-10)3-2-4-8(9)11/h2-4H,5-6H2,1H3. The fourth-order valence-corrected chi connectivity index (χ4v) is 1.63. The van der Waals surface area contributed by atoms with E-state index in [1.54, 1.807) is 13.2 Å². The zero-order valence-corrected chi connectivity index (χ0v) is 9.56. The molecule has 0 fully saturated rings. The minimum absolute atomic E-state index is 0.212. The molecule has 0 aliphatic carbocycles. The summed E-state index contributed by atoms with van der Waals surface area (Å²) in [5, 5.41) is 1.32. The van der Waals surface area contributed by atoms with Crippen molar-refractivity contribution >= 4 is 27.5 Å². The van der Waals surface area contributed by atoms with E-state index in [-0.39, 0.29) is 6.79 Å². The van der Waals surface area contributed by atoms with Crippen molar-refractivity contribution in [2.75, 3.05) is 13.9 Å². The minimum atomic E-state index is 0.212. The number of alkyl halides is 1. The van der Waals surface area contributed by atoms with Crippen molar-refractivity contribution in [1.29, 1.82) is 0 Å². The van der Waals surface area contributed by atoms with Gasteiger partial charge in [-0.25, -0.2) is 0 Å². The lowest BCUT2D eigenvalue weighted by molar-refractivity contribution is 0.0507. The van der Waals surface area contributed by atoms with Crippen LogP contribution in [0.2, 0.25) is 5.02 Å². The predicted octanol–water partition coefficient (Wildman–Crippen LogP) is 3.22. The van der Waals surface area contributed by atoms with Gasteiger partial charge in [0, 0.05) is 18.0 Å². The van der Waals surface area contributed by atoms with Gasteiger partial charge < -0.3 is 9.47 Å². The molecule has 0 spiro atoms. The summed E-state index contributed by atoms with van der Waals surface area (Å²) in [6, 6.07) is 5.63. The van der Waals surface area contributed by atoms with E-state index in [0.29, 0.717) is 16.1 Å². The summed E-state index contributed by atoms with van der Waals surface area (Å²) in [5.41, 5.74) is 1.02. The van der Waals surface area contributed by atoms with Crippen molar-refractivity contribution < 1.29 is 9.47 Å². The van der Waals surface area contributed by atoms with E-state index in [0.717, 1.165) is 5.56 Å². The molecule has 4 heteroatoms. The Bertz CT molecular complexity index is 278. The van der Waals surface area contributed by atoms with Crippen molar-refractivity contribution in [3.05, 3.63) is 28.8 Å². The molecule has 1 aromatic carbocycles. The second-order valence-electron chi connectivity index (χ2n) is 2.41. The molecule has 13 heavy (non-hydrogen) atoms. The summed E-state index contributed by atoms with van der Waals surface area (Å²) in [7, 11) is 1.57. The Balaban J connectivity index is 2.87. The van der Waals surface area contributed by atoms with Crippen LogP contribution in [0.1, 0.15) is 5.56 Å². The van der Waals surface area contributed by atoms with Crippen LogP contribution in [0.15, 0.2) is 18.2 Å². The molecule has 0 atom stereocenters. The van der Waals surface area contributed by atoms with Gasteiger partial charge >= 0.3 is 0 Å². The Morgan fingerprint density at radius 1 is 1.46 bits per heavy atom. The first-order chi connectivity index (χ1) is 6.29. The van der Waals surface area contributed by atoms with E-state index < -0.39 is 0 Å². The van der Waals surface area contributed by atoms with Crippen LogP contribution in [0.25, 0.3) is 0 Å². The van der Waals surface area contributed by atoms with Crippen LogP contribution in [0, 0.1) is 0 Å². The van der Waals surface area contributed by atoms with Gasteiger partial charge in [0.15, 0.2) is 6.79 Å². The molecule has 72 valence electrons. The van der Waals surface area contributed by atoms with Gasteiger partial charge in [0.25, 0.3) is 0 Å². The number of hydrogen-bond donors (Lipinski definition) is 0. The number of rotatable bonds is 4. The van der Waals surface area contributed by atoms with E-state index in [2.05, 4.69) is 15.9 Å². The highest BCUT2D eigenvalue weighted by Crippen LogP contribution is 2.29. The highest BCUT2D eigenvalue weighted by molar-refractivity contribution is 9.08. The number of ether oxygens (including phenoxy) is 2. The Hall–Kier alpha value is -0.250. The van der Waals surface area contributed by atoms with Gasteiger partial charge in [-0.3, -0.25) is 0 Å². The minimum Gasteiger partial charge on any atom is -0.466 e. The maximum Gasteiger partial charge on any atom is 0.188 e. The molecule has 2 nitrogen and oxygen atoms in total. The quantitative estimate of drug-likeness (QED) is 0.615. The maximum atomic E-state index is 5.94. The number of hydrogen-bond acceptors (Lipinski definition) is 2. The van der Waals surface area contributed by atoms with Gasteiger partial charge in [-0.1, -0.05) is 39.7 Å². The first-order valence-corrected chi connectivity index (χ1v) is 5.24. The molecular weight excluding hydrogens is 255 g/mol. The Morgan fingerprint density at radius 3 is 2.85 bits per heavy atom. The highest BCUT2D eigenvalue weighted by Gasteiger charge is 2.06. The summed E-state index contributed by atoms with van der Waals surface area (Å²) >= 11 is 9.30. The topological polar surface area (TPSA) is 18.5 Å². The number of para-hydroxylation sites is 1. The SMILES string of the molecule is COCOc1c(Cl)cccc1CBr. The van der Waals surface area contributed by atoms with E-state index in [9.17, 15) is 0 Å². The second kappa shape index (κ2) is 5.47. The van der Waals surface area contributed by atoms with Crippen molar-refractivity contribution in [2.45, 2.75) is 5.33 Å². The molecule has 1 rings (SSSR count). The molecule has 0 radical (unpaired) electrons. The van der Waals surface area contributed by atoms with Crippen LogP contribution in [0.5, 0.6) is 5.75 Å². The van der Waals surface area contributed by atoms with E-state index in [4.69, 9.17) is 21.1 Å². The molecule has 0 saturated heterocycles. The van der Waals surface area contributed by atoms with Gasteiger partial charge in [-0.2, -0.15) is 0 Å². The predicted molar refractivity (Wildman–Crippen MR) is 56.6 cm³/mol. The molecule has 0 N–H and O–H groups in total. The first-order valence-electron chi connectivity index (χ1n) is 3.74. The van der Waals surface area contributed by atoms with Crippen LogP contribution >= 0.6 is 27.5 Å². The third-order valence-corrected chi connectivity index (χ3v) is 2.42. The van der Waals surface area contributed by atoms with Gasteiger partial charge in [-0.05, 0) is 6.07 Å². The van der Waals surface area contributed by atoms with Crippen LogP contribution in [0.3, 0.4) is 0 Å². The first kappa shape index (κ1) is 10.8. The number of halogens is 2. The largest absolute Gasteiger partial charge is 0.466 e. The fourth-order valence-electron chi connectivity index (χ4n) is 0.938. The Kier molecular flexibility index (Phi) is 4.56. The second-order valence-corrected chi connectivity index (χ2v) is 3.38. The lowest BCUT2D eigenvalue weighted by Gasteiger charge is -2.10. The van der Waals surface area contributed by atoms with Gasteiger partial charge in [0.05, 0.1) is 5.02 Å². The Morgan fingerprint density at radius 2 is 2.23 bits per heavy atom. The van der Waals surface area contributed by atoms with E-state index >= 15 is 0 Å². The molecule has 0 bridgehead atoms. The van der Waals surface area contributed by atoms with Gasteiger partial charge in [-0.15, -0.1) is 0 Å². The summed E-state index contributed by atoms with van der Waals surface area (Å²) in [6.07, 6.45) is 0. The van der Waals surface area contributed by atoms with Gasteiger partial charge in [0.1, 0.15) is 5.75 Å².